The van der Waals surface area contributed by atoms with E-state index in [4.69, 9.17) is 83.8 Å². The van der Waals surface area contributed by atoms with Gasteiger partial charge in [-0.05, 0) is 26.3 Å². The molecule has 3 rings (SSSR count). The van der Waals surface area contributed by atoms with Crippen molar-refractivity contribution in [2.45, 2.75) is 104 Å². The first-order valence-electron chi connectivity index (χ1n) is 14.5. The van der Waals surface area contributed by atoms with Gasteiger partial charge in [0.1, 0.15) is 5.56 Å². The molecule has 0 saturated heterocycles. The summed E-state index contributed by atoms with van der Waals surface area (Å²) in [6.45, 7) is 7.11. The number of halogens is 6. The van der Waals surface area contributed by atoms with Gasteiger partial charge in [-0.2, -0.15) is 0 Å². The van der Waals surface area contributed by atoms with Gasteiger partial charge in [0, 0.05) is 12.3 Å². The number of carbonyl (C=O) groups is 1. The van der Waals surface area contributed by atoms with Crippen LogP contribution in [0, 0.1) is 0 Å². The van der Waals surface area contributed by atoms with Crippen LogP contribution in [0.25, 0.3) is 10.9 Å². The Morgan fingerprint density at radius 3 is 1.71 bits per heavy atom. The van der Waals surface area contributed by atoms with Gasteiger partial charge in [-0.15, -0.1) is 69.6 Å². The molecule has 0 unspecified atom stereocenters. The van der Waals surface area contributed by atoms with Gasteiger partial charge < -0.3 is 19.2 Å². The van der Waals surface area contributed by atoms with E-state index in [0.717, 1.165) is 12.8 Å². The third-order valence-corrected chi connectivity index (χ3v) is 10.9. The molecule has 1 aliphatic rings. The van der Waals surface area contributed by atoms with Crippen molar-refractivity contribution in [1.29, 1.82) is 0 Å². The van der Waals surface area contributed by atoms with Crippen LogP contribution < -0.4 is 14.9 Å². The second-order valence-electron chi connectivity index (χ2n) is 10.0. The summed E-state index contributed by atoms with van der Waals surface area (Å²) in [5, 5.41) is -2.24. The summed E-state index contributed by atoms with van der Waals surface area (Å²) in [5.41, 5.74) is 0.209. The Bertz CT molecular complexity index is 1110. The van der Waals surface area contributed by atoms with Gasteiger partial charge in [-0.1, -0.05) is 51.9 Å². The summed E-state index contributed by atoms with van der Waals surface area (Å²) in [6, 6.07) is 3.41. The summed E-state index contributed by atoms with van der Waals surface area (Å²) in [7, 11) is 0. The minimum atomic E-state index is -0.629. The van der Waals surface area contributed by atoms with Gasteiger partial charge in [0.25, 0.3) is 0 Å². The first kappa shape index (κ1) is 37.4. The van der Waals surface area contributed by atoms with E-state index in [-0.39, 0.29) is 17.6 Å². The average molecular weight is 708 g/mol. The Hall–Kier alpha value is -0.760. The van der Waals surface area contributed by atoms with Crippen molar-refractivity contribution < 1.29 is 19.0 Å². The largest absolute Gasteiger partial charge is 0.490 e. The van der Waals surface area contributed by atoms with Gasteiger partial charge in [0.05, 0.1) is 63.0 Å². The molecule has 1 aliphatic carbocycles. The van der Waals surface area contributed by atoms with Crippen molar-refractivity contribution in [1.82, 2.24) is 4.98 Å². The monoisotopic (exact) mass is 705 g/mol. The predicted octanol–water partition coefficient (Wildman–Crippen LogP) is 9.27. The fourth-order valence-electron chi connectivity index (χ4n) is 4.44. The summed E-state index contributed by atoms with van der Waals surface area (Å²) in [6.07, 6.45) is 11.2. The second-order valence-corrected chi connectivity index (χ2v) is 13.0. The number of fused-ring (bicyclic) bond motifs is 1. The molecule has 2 aromatic rings. The van der Waals surface area contributed by atoms with Crippen LogP contribution in [0.4, 0.5) is 0 Å². The van der Waals surface area contributed by atoms with E-state index in [1.54, 1.807) is 19.1 Å². The maximum atomic E-state index is 12.8. The van der Waals surface area contributed by atoms with Crippen molar-refractivity contribution in [3.05, 3.63) is 34.1 Å². The van der Waals surface area contributed by atoms with Crippen molar-refractivity contribution in [3.8, 4) is 11.5 Å². The molecule has 0 aliphatic heterocycles. The van der Waals surface area contributed by atoms with Crippen LogP contribution in [0.3, 0.4) is 0 Å². The highest BCUT2D eigenvalue weighted by Gasteiger charge is 2.46. The number of alkyl halides is 6. The summed E-state index contributed by atoms with van der Waals surface area (Å²) in [4.78, 5) is 27.8. The molecule has 1 aromatic heterocycles. The van der Waals surface area contributed by atoms with Crippen molar-refractivity contribution in [2.75, 3.05) is 19.8 Å². The number of hydrogen-bond donors (Lipinski definition) is 1. The number of pyridine rings is 1. The topological polar surface area (TPSA) is 77.6 Å². The highest BCUT2D eigenvalue weighted by Crippen LogP contribution is 2.39. The number of rotatable bonds is 14. The van der Waals surface area contributed by atoms with E-state index in [1.807, 2.05) is 6.92 Å². The number of ether oxygens (including phenoxy) is 3. The number of aromatic nitrogens is 1. The lowest BCUT2D eigenvalue weighted by atomic mass is 9.97. The molecule has 12 heteroatoms. The molecular weight excluding hydrogens is 667 g/mol. The van der Waals surface area contributed by atoms with Crippen LogP contribution in [-0.2, 0) is 4.74 Å². The molecule has 6 nitrogen and oxygen atoms in total. The summed E-state index contributed by atoms with van der Waals surface area (Å²) >= 11 is 35.3. The SMILES string of the molecule is CCCCCCCCCCOc1cc2c(=O)c(C(=O)OCC)c[nH]c2cc1OCC.ClC1C(Cl)C(Cl)C(Cl)C(Cl)C1Cl. The Morgan fingerprint density at radius 2 is 1.21 bits per heavy atom. The van der Waals surface area contributed by atoms with E-state index in [0.29, 0.717) is 35.6 Å². The van der Waals surface area contributed by atoms with Gasteiger partial charge in [-0.3, -0.25) is 4.79 Å². The molecule has 0 radical (unpaired) electrons. The van der Waals surface area contributed by atoms with Crippen LogP contribution >= 0.6 is 69.6 Å². The number of H-pyrrole nitrogens is 1. The van der Waals surface area contributed by atoms with Crippen molar-refractivity contribution in [3.63, 3.8) is 0 Å². The van der Waals surface area contributed by atoms with Crippen LogP contribution in [0.2, 0.25) is 0 Å². The van der Waals surface area contributed by atoms with Crippen molar-refractivity contribution in [2.24, 2.45) is 0 Å². The first-order chi connectivity index (χ1) is 20.1. The molecule has 0 bridgehead atoms. The Morgan fingerprint density at radius 1 is 0.714 bits per heavy atom. The molecule has 42 heavy (non-hydrogen) atoms. The third kappa shape index (κ3) is 10.7. The smallest absolute Gasteiger partial charge is 0.343 e. The standard InChI is InChI=1S/C24H35NO5.C6H6Cl6/c1-4-7-8-9-10-11-12-13-14-30-21-15-18-20(16-22(21)28-5-2)25-17-19(23(18)26)24(27)29-6-3;7-1-2(8)4(10)6(12)5(11)3(1)9/h15-17H,4-14H2,1-3H3,(H,25,26);1-6H. The van der Waals surface area contributed by atoms with Gasteiger partial charge >= 0.3 is 5.97 Å². The van der Waals surface area contributed by atoms with E-state index < -0.39 is 38.2 Å². The molecule has 0 atom stereocenters. The fraction of sp³-hybridized carbons (Fsp3) is 0.667. The molecule has 1 N–H and O–H groups in total. The molecule has 1 heterocycles. The first-order valence-corrected chi connectivity index (χ1v) is 17.2. The lowest BCUT2D eigenvalue weighted by molar-refractivity contribution is 0.0524. The quantitative estimate of drug-likeness (QED) is 0.120. The zero-order valence-electron chi connectivity index (χ0n) is 24.3. The minimum Gasteiger partial charge on any atom is -0.490 e. The molecule has 1 aromatic carbocycles. The Labute approximate surface area is 278 Å². The maximum Gasteiger partial charge on any atom is 0.343 e. The lowest BCUT2D eigenvalue weighted by Gasteiger charge is -2.37. The Balaban J connectivity index is 0.000000428. The van der Waals surface area contributed by atoms with Gasteiger partial charge in [0.2, 0.25) is 5.43 Å². The summed E-state index contributed by atoms with van der Waals surface area (Å²) < 4.78 is 16.6. The number of benzene rings is 1. The number of carbonyl (C=O) groups excluding carboxylic acids is 1. The normalized spacial score (nSPS) is 23.6. The average Bonchev–Trinajstić information content (AvgIpc) is 2.98. The van der Waals surface area contributed by atoms with Crippen LogP contribution in [0.15, 0.2) is 23.1 Å². The van der Waals surface area contributed by atoms with E-state index in [2.05, 4.69) is 11.9 Å². The zero-order chi connectivity index (χ0) is 31.2. The van der Waals surface area contributed by atoms with Gasteiger partial charge in [0.15, 0.2) is 11.5 Å². The molecule has 1 saturated carbocycles. The summed E-state index contributed by atoms with van der Waals surface area (Å²) in [5.74, 6) is 0.485. The fourth-order valence-corrected chi connectivity index (χ4v) is 6.77. The number of aromatic amines is 1. The maximum absolute atomic E-state index is 12.8. The van der Waals surface area contributed by atoms with E-state index in [9.17, 15) is 9.59 Å². The molecule has 1 fully saturated rings. The predicted molar refractivity (Wildman–Crippen MR) is 178 cm³/mol. The van der Waals surface area contributed by atoms with Crippen molar-refractivity contribution >= 4 is 86.5 Å². The van der Waals surface area contributed by atoms with Gasteiger partial charge in [-0.25, -0.2) is 4.79 Å². The number of hydrogen-bond acceptors (Lipinski definition) is 5. The highest BCUT2D eigenvalue weighted by atomic mass is 35.5. The molecule has 0 spiro atoms. The van der Waals surface area contributed by atoms with Crippen LogP contribution in [0.1, 0.15) is 82.5 Å². The molecule has 0 amide bonds. The minimum absolute atomic E-state index is 0.0115. The van der Waals surface area contributed by atoms with Crippen LogP contribution in [-0.4, -0.2) is 63.0 Å². The van der Waals surface area contributed by atoms with Crippen LogP contribution in [0.5, 0.6) is 11.5 Å². The molecular formula is C30H41Cl6NO5. The number of nitrogens with one attached hydrogen (secondary N) is 1. The highest BCUT2D eigenvalue weighted by molar-refractivity contribution is 6.45. The van der Waals surface area contributed by atoms with E-state index >= 15 is 0 Å². The van der Waals surface area contributed by atoms with E-state index in [1.165, 1.54) is 44.7 Å². The molecule has 238 valence electrons. The lowest BCUT2D eigenvalue weighted by Crippen LogP contribution is -2.52. The number of unbranched alkanes of at least 4 members (excludes halogenated alkanes) is 7. The zero-order valence-corrected chi connectivity index (χ0v) is 28.8. The Kier molecular flexibility index (Phi) is 17.5. The number of esters is 1. The second kappa shape index (κ2) is 19.6. The third-order valence-electron chi connectivity index (χ3n) is 6.82.